The predicted octanol–water partition coefficient (Wildman–Crippen LogP) is 4.13. The number of benzene rings is 1. The van der Waals surface area contributed by atoms with E-state index in [-0.39, 0.29) is 14.9 Å². The molecular formula is C12H10Cl2N2O2S2. The summed E-state index contributed by atoms with van der Waals surface area (Å²) in [4.78, 5) is 4.32. The normalized spacial score (nSPS) is 15.3. The lowest BCUT2D eigenvalue weighted by Crippen LogP contribution is -2.12. The molecule has 1 aromatic carbocycles. The van der Waals surface area contributed by atoms with Crippen LogP contribution in [0.15, 0.2) is 28.5 Å². The van der Waals surface area contributed by atoms with Gasteiger partial charge in [0.15, 0.2) is 5.13 Å². The maximum Gasteiger partial charge on any atom is 0.263 e. The summed E-state index contributed by atoms with van der Waals surface area (Å²) >= 11 is 12.9. The van der Waals surface area contributed by atoms with Gasteiger partial charge in [-0.1, -0.05) is 23.2 Å². The molecular weight excluding hydrogens is 339 g/mol. The van der Waals surface area contributed by atoms with Gasteiger partial charge in [0.05, 0.1) is 10.6 Å². The topological polar surface area (TPSA) is 59.1 Å². The van der Waals surface area contributed by atoms with Crippen LogP contribution < -0.4 is 4.72 Å². The zero-order valence-electron chi connectivity index (χ0n) is 10.1. The van der Waals surface area contributed by atoms with E-state index in [4.69, 9.17) is 23.2 Å². The van der Waals surface area contributed by atoms with Crippen molar-refractivity contribution in [3.8, 4) is 0 Å². The molecule has 1 saturated carbocycles. The average Bonchev–Trinajstić information content (AvgIpc) is 3.09. The molecule has 0 bridgehead atoms. The number of halogens is 2. The van der Waals surface area contributed by atoms with Crippen LogP contribution in [-0.2, 0) is 10.0 Å². The van der Waals surface area contributed by atoms with Crippen molar-refractivity contribution in [1.29, 1.82) is 0 Å². The first-order valence-corrected chi connectivity index (χ1v) is 9.00. The molecule has 1 heterocycles. The van der Waals surface area contributed by atoms with Crippen LogP contribution in [0.3, 0.4) is 0 Å². The first kappa shape index (κ1) is 14.1. The standard InChI is InChI=1S/C12H10Cl2N2O2S2/c13-8-3-9(14)5-10(4-8)20(17,18)16-12-15-11(6-19-12)7-1-2-7/h3-7H,1-2H2,(H,15,16). The molecule has 0 radical (unpaired) electrons. The Hall–Kier alpha value is -0.820. The molecule has 1 aliphatic carbocycles. The van der Waals surface area contributed by atoms with Crippen molar-refractivity contribution in [1.82, 2.24) is 4.98 Å². The lowest BCUT2D eigenvalue weighted by atomic mass is 10.3. The summed E-state index contributed by atoms with van der Waals surface area (Å²) in [7, 11) is -3.72. The Balaban J connectivity index is 1.86. The van der Waals surface area contributed by atoms with Gasteiger partial charge in [0.2, 0.25) is 0 Å². The van der Waals surface area contributed by atoms with Gasteiger partial charge in [0.25, 0.3) is 10.0 Å². The molecule has 0 saturated heterocycles. The van der Waals surface area contributed by atoms with Crippen LogP contribution in [0.5, 0.6) is 0 Å². The van der Waals surface area contributed by atoms with Crippen LogP contribution in [0.1, 0.15) is 24.5 Å². The van der Waals surface area contributed by atoms with Crippen molar-refractivity contribution in [2.75, 3.05) is 4.72 Å². The van der Waals surface area contributed by atoms with Crippen LogP contribution in [0.2, 0.25) is 10.0 Å². The van der Waals surface area contributed by atoms with E-state index in [1.165, 1.54) is 29.5 Å². The minimum atomic E-state index is -3.72. The highest BCUT2D eigenvalue weighted by Crippen LogP contribution is 2.41. The Kier molecular flexibility index (Phi) is 3.66. The fraction of sp³-hybridized carbons (Fsp3) is 0.250. The number of aromatic nitrogens is 1. The van der Waals surface area contributed by atoms with Gasteiger partial charge in [-0.2, -0.15) is 0 Å². The summed E-state index contributed by atoms with van der Waals surface area (Å²) in [6.07, 6.45) is 2.25. The maximum absolute atomic E-state index is 12.2. The molecule has 4 nitrogen and oxygen atoms in total. The first-order valence-electron chi connectivity index (χ1n) is 5.88. The van der Waals surface area contributed by atoms with E-state index in [9.17, 15) is 8.42 Å². The summed E-state index contributed by atoms with van der Waals surface area (Å²) in [5.41, 5.74) is 0.955. The van der Waals surface area contributed by atoms with E-state index >= 15 is 0 Å². The number of nitrogens with one attached hydrogen (secondary N) is 1. The molecule has 0 unspecified atom stereocenters. The summed E-state index contributed by atoms with van der Waals surface area (Å²) in [5, 5.41) is 2.80. The average molecular weight is 349 g/mol. The van der Waals surface area contributed by atoms with Crippen molar-refractivity contribution in [3.05, 3.63) is 39.3 Å². The maximum atomic E-state index is 12.2. The van der Waals surface area contributed by atoms with Crippen LogP contribution in [0.25, 0.3) is 0 Å². The van der Waals surface area contributed by atoms with Crippen LogP contribution in [-0.4, -0.2) is 13.4 Å². The highest BCUT2D eigenvalue weighted by molar-refractivity contribution is 7.93. The number of thiazole rings is 1. The van der Waals surface area contributed by atoms with E-state index in [0.29, 0.717) is 11.0 Å². The highest BCUT2D eigenvalue weighted by atomic mass is 35.5. The van der Waals surface area contributed by atoms with E-state index in [1.54, 1.807) is 0 Å². The number of rotatable bonds is 4. The van der Waals surface area contributed by atoms with Gasteiger partial charge in [-0.3, -0.25) is 4.72 Å². The largest absolute Gasteiger partial charge is 0.263 e. The number of anilines is 1. The molecule has 0 amide bonds. The fourth-order valence-electron chi connectivity index (χ4n) is 1.76. The molecule has 8 heteroatoms. The summed E-state index contributed by atoms with van der Waals surface area (Å²) in [5.74, 6) is 0.491. The van der Waals surface area contributed by atoms with Crippen molar-refractivity contribution in [2.24, 2.45) is 0 Å². The Morgan fingerprint density at radius 1 is 1.20 bits per heavy atom. The lowest BCUT2D eigenvalue weighted by Gasteiger charge is -2.06. The van der Waals surface area contributed by atoms with Crippen molar-refractivity contribution >= 4 is 49.7 Å². The molecule has 0 atom stereocenters. The molecule has 0 aliphatic heterocycles. The predicted molar refractivity (Wildman–Crippen MR) is 81.4 cm³/mol. The first-order chi connectivity index (χ1) is 9.44. The third-order valence-electron chi connectivity index (χ3n) is 2.89. The van der Waals surface area contributed by atoms with Gasteiger partial charge in [0.1, 0.15) is 0 Å². The molecule has 1 aromatic heterocycles. The zero-order valence-corrected chi connectivity index (χ0v) is 13.3. The molecule has 1 N–H and O–H groups in total. The molecule has 1 fully saturated rings. The second-order valence-electron chi connectivity index (χ2n) is 4.56. The van der Waals surface area contributed by atoms with E-state index < -0.39 is 10.0 Å². The monoisotopic (exact) mass is 348 g/mol. The molecule has 0 spiro atoms. The third kappa shape index (κ3) is 3.09. The van der Waals surface area contributed by atoms with Crippen molar-refractivity contribution < 1.29 is 8.42 Å². The van der Waals surface area contributed by atoms with Gasteiger partial charge >= 0.3 is 0 Å². The molecule has 20 heavy (non-hydrogen) atoms. The van der Waals surface area contributed by atoms with Gasteiger partial charge in [-0.25, -0.2) is 13.4 Å². The Bertz CT molecular complexity index is 734. The Labute approximate surface area is 130 Å². The van der Waals surface area contributed by atoms with Crippen LogP contribution in [0, 0.1) is 0 Å². The van der Waals surface area contributed by atoms with Gasteiger partial charge in [-0.15, -0.1) is 11.3 Å². The SMILES string of the molecule is O=S(=O)(Nc1nc(C2CC2)cs1)c1cc(Cl)cc(Cl)c1. The quantitative estimate of drug-likeness (QED) is 0.903. The summed E-state index contributed by atoms with van der Waals surface area (Å²) in [6, 6.07) is 4.19. The number of hydrogen-bond donors (Lipinski definition) is 1. The van der Waals surface area contributed by atoms with Crippen molar-refractivity contribution in [2.45, 2.75) is 23.7 Å². The minimum Gasteiger partial charge on any atom is -0.255 e. The van der Waals surface area contributed by atoms with Gasteiger partial charge in [-0.05, 0) is 31.0 Å². The second-order valence-corrected chi connectivity index (χ2v) is 7.98. The molecule has 2 aromatic rings. The molecule has 1 aliphatic rings. The Morgan fingerprint density at radius 3 is 2.45 bits per heavy atom. The number of sulfonamides is 1. The summed E-state index contributed by atoms with van der Waals surface area (Å²) < 4.78 is 26.9. The smallest absolute Gasteiger partial charge is 0.255 e. The molecule has 106 valence electrons. The fourth-order valence-corrected chi connectivity index (χ4v) is 4.53. The Morgan fingerprint density at radius 2 is 1.85 bits per heavy atom. The number of hydrogen-bond acceptors (Lipinski definition) is 4. The third-order valence-corrected chi connectivity index (χ3v) is 5.55. The lowest BCUT2D eigenvalue weighted by molar-refractivity contribution is 0.601. The van der Waals surface area contributed by atoms with Crippen molar-refractivity contribution in [3.63, 3.8) is 0 Å². The highest BCUT2D eigenvalue weighted by Gasteiger charge is 2.27. The van der Waals surface area contributed by atoms with E-state index in [2.05, 4.69) is 9.71 Å². The van der Waals surface area contributed by atoms with Gasteiger partial charge in [0, 0.05) is 21.3 Å². The van der Waals surface area contributed by atoms with Gasteiger partial charge < -0.3 is 0 Å². The minimum absolute atomic E-state index is 0.0261. The van der Waals surface area contributed by atoms with Crippen LogP contribution in [0.4, 0.5) is 5.13 Å². The number of nitrogens with zero attached hydrogens (tertiary/aromatic N) is 1. The molecule has 3 rings (SSSR count). The zero-order chi connectivity index (χ0) is 14.3. The van der Waals surface area contributed by atoms with E-state index in [0.717, 1.165) is 18.5 Å². The second kappa shape index (κ2) is 5.18. The van der Waals surface area contributed by atoms with E-state index in [1.807, 2.05) is 5.38 Å². The van der Waals surface area contributed by atoms with Crippen LogP contribution >= 0.6 is 34.5 Å². The summed E-state index contributed by atoms with van der Waals surface area (Å²) in [6.45, 7) is 0.